The molecule has 0 amide bonds. The third-order valence-corrected chi connectivity index (χ3v) is 3.35. The van der Waals surface area contributed by atoms with Gasteiger partial charge in [-0.25, -0.2) is 8.78 Å². The van der Waals surface area contributed by atoms with Gasteiger partial charge in [-0.15, -0.1) is 0 Å². The predicted molar refractivity (Wildman–Crippen MR) is 51.6 cm³/mol. The van der Waals surface area contributed by atoms with Crippen LogP contribution >= 0.6 is 0 Å². The molecule has 0 saturated carbocycles. The molecule has 2 saturated heterocycles. The fourth-order valence-corrected chi connectivity index (χ4v) is 2.37. The summed E-state index contributed by atoms with van der Waals surface area (Å²) in [5, 5.41) is 3.35. The average molecular weight is 204 g/mol. The zero-order chi connectivity index (χ0) is 10.2. The number of piperidine rings is 1. The summed E-state index contributed by atoms with van der Waals surface area (Å²) in [6, 6.07) is 0.883. The van der Waals surface area contributed by atoms with Gasteiger partial charge in [0.1, 0.15) is 0 Å². The van der Waals surface area contributed by atoms with E-state index in [0.29, 0.717) is 18.6 Å². The molecule has 14 heavy (non-hydrogen) atoms. The first-order valence-electron chi connectivity index (χ1n) is 5.42. The molecule has 2 heterocycles. The Hall–Kier alpha value is -0.220. The molecule has 2 atom stereocenters. The maximum Gasteiger partial charge on any atom is 0.261 e. The molecule has 4 heteroatoms. The van der Waals surface area contributed by atoms with Crippen molar-refractivity contribution < 1.29 is 8.78 Å². The van der Waals surface area contributed by atoms with E-state index in [2.05, 4.69) is 12.2 Å². The van der Waals surface area contributed by atoms with Gasteiger partial charge in [-0.05, 0) is 19.8 Å². The Balaban J connectivity index is 1.85. The van der Waals surface area contributed by atoms with Gasteiger partial charge < -0.3 is 5.32 Å². The molecule has 2 fully saturated rings. The van der Waals surface area contributed by atoms with Crippen molar-refractivity contribution in [2.75, 3.05) is 19.6 Å². The first-order chi connectivity index (χ1) is 6.57. The van der Waals surface area contributed by atoms with E-state index >= 15 is 0 Å². The normalized spacial score (nSPS) is 38.8. The van der Waals surface area contributed by atoms with E-state index in [1.807, 2.05) is 4.90 Å². The summed E-state index contributed by atoms with van der Waals surface area (Å²) in [6.07, 6.45) is 2.20. The van der Waals surface area contributed by atoms with Gasteiger partial charge in [0.15, 0.2) is 0 Å². The Labute approximate surface area is 83.7 Å². The van der Waals surface area contributed by atoms with Crippen LogP contribution in [0.4, 0.5) is 8.78 Å². The lowest BCUT2D eigenvalue weighted by atomic mass is 10.0. The largest absolute Gasteiger partial charge is 0.313 e. The van der Waals surface area contributed by atoms with E-state index in [1.165, 1.54) is 0 Å². The van der Waals surface area contributed by atoms with Crippen molar-refractivity contribution in [2.24, 2.45) is 0 Å². The fourth-order valence-electron chi connectivity index (χ4n) is 2.37. The second-order valence-electron chi connectivity index (χ2n) is 4.62. The molecule has 0 spiro atoms. The third-order valence-electron chi connectivity index (χ3n) is 3.35. The molecular weight excluding hydrogens is 186 g/mol. The number of rotatable bonds is 1. The molecule has 2 unspecified atom stereocenters. The van der Waals surface area contributed by atoms with E-state index in [9.17, 15) is 8.78 Å². The minimum absolute atomic E-state index is 0.0340. The Bertz CT molecular complexity index is 200. The molecule has 2 aliphatic rings. The highest BCUT2D eigenvalue weighted by Gasteiger charge is 2.41. The SMILES string of the molecule is CC1CCC(N2CCC(F)(F)C2)CN1. The molecule has 2 aliphatic heterocycles. The minimum atomic E-state index is -2.44. The van der Waals surface area contributed by atoms with Crippen molar-refractivity contribution in [3.8, 4) is 0 Å². The number of alkyl halides is 2. The molecule has 0 radical (unpaired) electrons. The molecular formula is C10H18F2N2. The van der Waals surface area contributed by atoms with Crippen molar-refractivity contribution in [3.05, 3.63) is 0 Å². The average Bonchev–Trinajstić information content (AvgIpc) is 2.47. The van der Waals surface area contributed by atoms with E-state index in [0.717, 1.165) is 19.4 Å². The lowest BCUT2D eigenvalue weighted by molar-refractivity contribution is 0.00584. The van der Waals surface area contributed by atoms with Crippen LogP contribution < -0.4 is 5.32 Å². The molecule has 0 bridgehead atoms. The number of halogens is 2. The predicted octanol–water partition coefficient (Wildman–Crippen LogP) is 1.47. The summed E-state index contributed by atoms with van der Waals surface area (Å²) >= 11 is 0. The van der Waals surface area contributed by atoms with E-state index in [1.54, 1.807) is 0 Å². The second kappa shape index (κ2) is 3.74. The molecule has 2 nitrogen and oxygen atoms in total. The van der Waals surface area contributed by atoms with Gasteiger partial charge in [0.2, 0.25) is 0 Å². The Morgan fingerprint density at radius 3 is 2.64 bits per heavy atom. The summed E-state index contributed by atoms with van der Waals surface area (Å²) in [6.45, 7) is 3.55. The lowest BCUT2D eigenvalue weighted by Gasteiger charge is -2.34. The Morgan fingerprint density at radius 2 is 2.14 bits per heavy atom. The van der Waals surface area contributed by atoms with Crippen molar-refractivity contribution in [2.45, 2.75) is 44.2 Å². The van der Waals surface area contributed by atoms with Crippen molar-refractivity contribution in [1.29, 1.82) is 0 Å². The van der Waals surface area contributed by atoms with Gasteiger partial charge in [0.05, 0.1) is 6.54 Å². The monoisotopic (exact) mass is 204 g/mol. The topological polar surface area (TPSA) is 15.3 Å². The van der Waals surface area contributed by atoms with Crippen LogP contribution in [0.25, 0.3) is 0 Å². The highest BCUT2D eigenvalue weighted by Crippen LogP contribution is 2.29. The molecule has 1 N–H and O–H groups in total. The molecule has 0 aromatic rings. The van der Waals surface area contributed by atoms with Gasteiger partial charge in [0, 0.05) is 31.6 Å². The highest BCUT2D eigenvalue weighted by atomic mass is 19.3. The Morgan fingerprint density at radius 1 is 1.36 bits per heavy atom. The van der Waals surface area contributed by atoms with Crippen LogP contribution in [0.15, 0.2) is 0 Å². The number of hydrogen-bond donors (Lipinski definition) is 1. The van der Waals surface area contributed by atoms with Crippen LogP contribution in [0.2, 0.25) is 0 Å². The van der Waals surface area contributed by atoms with Crippen LogP contribution in [0.3, 0.4) is 0 Å². The van der Waals surface area contributed by atoms with Gasteiger partial charge in [-0.2, -0.15) is 0 Å². The zero-order valence-electron chi connectivity index (χ0n) is 8.60. The third kappa shape index (κ3) is 2.23. The standard InChI is InChI=1S/C10H18F2N2/c1-8-2-3-9(6-13-8)14-5-4-10(11,12)7-14/h8-9,13H,2-7H2,1H3. The summed E-state index contributed by atoms with van der Waals surface area (Å²) in [5.74, 6) is -2.44. The van der Waals surface area contributed by atoms with Gasteiger partial charge in [0.25, 0.3) is 5.92 Å². The van der Waals surface area contributed by atoms with E-state index < -0.39 is 5.92 Å². The van der Waals surface area contributed by atoms with Crippen molar-refractivity contribution in [1.82, 2.24) is 10.2 Å². The molecule has 2 rings (SSSR count). The lowest BCUT2D eigenvalue weighted by Crippen LogP contribution is -2.48. The number of nitrogens with zero attached hydrogens (tertiary/aromatic N) is 1. The quantitative estimate of drug-likeness (QED) is 0.695. The molecule has 0 aromatic carbocycles. The van der Waals surface area contributed by atoms with Gasteiger partial charge in [-0.3, -0.25) is 4.90 Å². The summed E-state index contributed by atoms with van der Waals surface area (Å²) in [7, 11) is 0. The zero-order valence-corrected chi connectivity index (χ0v) is 8.60. The van der Waals surface area contributed by atoms with Gasteiger partial charge in [-0.1, -0.05) is 0 Å². The van der Waals surface area contributed by atoms with E-state index in [4.69, 9.17) is 0 Å². The van der Waals surface area contributed by atoms with Crippen LogP contribution in [-0.4, -0.2) is 42.5 Å². The summed E-state index contributed by atoms with van der Waals surface area (Å²) < 4.78 is 25.9. The van der Waals surface area contributed by atoms with Crippen LogP contribution in [-0.2, 0) is 0 Å². The Kier molecular flexibility index (Phi) is 2.75. The van der Waals surface area contributed by atoms with Crippen LogP contribution in [0, 0.1) is 0 Å². The summed E-state index contributed by atoms with van der Waals surface area (Å²) in [5.41, 5.74) is 0. The summed E-state index contributed by atoms with van der Waals surface area (Å²) in [4.78, 5) is 1.94. The van der Waals surface area contributed by atoms with E-state index in [-0.39, 0.29) is 13.0 Å². The van der Waals surface area contributed by atoms with Crippen LogP contribution in [0.1, 0.15) is 26.2 Å². The first kappa shape index (κ1) is 10.3. The number of hydrogen-bond acceptors (Lipinski definition) is 2. The van der Waals surface area contributed by atoms with Crippen molar-refractivity contribution >= 4 is 0 Å². The molecule has 0 aromatic heterocycles. The highest BCUT2D eigenvalue weighted by molar-refractivity contribution is 4.89. The number of likely N-dealkylation sites (tertiary alicyclic amines) is 1. The number of nitrogens with one attached hydrogen (secondary N) is 1. The fraction of sp³-hybridized carbons (Fsp3) is 1.00. The maximum atomic E-state index is 13.0. The van der Waals surface area contributed by atoms with Crippen molar-refractivity contribution in [3.63, 3.8) is 0 Å². The van der Waals surface area contributed by atoms with Crippen LogP contribution in [0.5, 0.6) is 0 Å². The molecule has 82 valence electrons. The smallest absolute Gasteiger partial charge is 0.261 e. The van der Waals surface area contributed by atoms with Gasteiger partial charge >= 0.3 is 0 Å². The molecule has 0 aliphatic carbocycles. The first-order valence-corrected chi connectivity index (χ1v) is 5.42. The maximum absolute atomic E-state index is 13.0. The second-order valence-corrected chi connectivity index (χ2v) is 4.62. The minimum Gasteiger partial charge on any atom is -0.313 e.